The zero-order valence-corrected chi connectivity index (χ0v) is 17.3. The molecule has 29 heavy (non-hydrogen) atoms. The number of ether oxygens (including phenoxy) is 1. The van der Waals surface area contributed by atoms with E-state index in [9.17, 15) is 9.18 Å². The second kappa shape index (κ2) is 8.47. The molecule has 4 rings (SSSR count). The number of aromatic nitrogens is 1. The number of nitrogens with zero attached hydrogens (tertiary/aromatic N) is 2. The van der Waals surface area contributed by atoms with Gasteiger partial charge in [0.25, 0.3) is 5.91 Å². The lowest BCUT2D eigenvalue weighted by Gasteiger charge is -2.26. The van der Waals surface area contributed by atoms with Gasteiger partial charge in [0.05, 0.1) is 23.5 Å². The third kappa shape index (κ3) is 3.97. The highest BCUT2D eigenvalue weighted by atomic mass is 35.5. The van der Waals surface area contributed by atoms with Gasteiger partial charge in [-0.25, -0.2) is 9.37 Å². The highest BCUT2D eigenvalue weighted by molar-refractivity contribution is 7.99. The average Bonchev–Trinajstić information content (AvgIpc) is 2.76. The molecule has 0 bridgehead atoms. The highest BCUT2D eigenvalue weighted by Crippen LogP contribution is 2.34. The molecule has 1 N–H and O–H groups in total. The second-order valence-electron chi connectivity index (χ2n) is 6.54. The summed E-state index contributed by atoms with van der Waals surface area (Å²) in [7, 11) is 1.55. The van der Waals surface area contributed by atoms with E-state index in [4.69, 9.17) is 16.3 Å². The van der Waals surface area contributed by atoms with E-state index < -0.39 is 5.82 Å². The van der Waals surface area contributed by atoms with Gasteiger partial charge in [-0.15, -0.1) is 0 Å². The van der Waals surface area contributed by atoms with E-state index in [2.05, 4.69) is 10.3 Å². The topological polar surface area (TPSA) is 54.5 Å². The Morgan fingerprint density at radius 1 is 1.21 bits per heavy atom. The molecular formula is C21H19ClFN3O2S. The number of rotatable bonds is 4. The number of carbonyl (C=O) groups excluding carboxylic acids is 1. The number of halogens is 2. The molecule has 0 atom stereocenters. The molecule has 5 nitrogen and oxygen atoms in total. The van der Waals surface area contributed by atoms with Crippen LogP contribution in [-0.4, -0.2) is 47.5 Å². The van der Waals surface area contributed by atoms with Crippen molar-refractivity contribution in [3.8, 4) is 5.75 Å². The van der Waals surface area contributed by atoms with E-state index >= 15 is 0 Å². The Hall–Kier alpha value is -2.51. The van der Waals surface area contributed by atoms with Gasteiger partial charge in [-0.1, -0.05) is 29.8 Å². The molecule has 2 heterocycles. The van der Waals surface area contributed by atoms with Crippen molar-refractivity contribution in [2.24, 2.45) is 0 Å². The van der Waals surface area contributed by atoms with Crippen molar-refractivity contribution in [2.45, 2.75) is 0 Å². The third-order valence-electron chi connectivity index (χ3n) is 4.76. The molecule has 0 saturated carbocycles. The predicted molar refractivity (Wildman–Crippen MR) is 116 cm³/mol. The van der Waals surface area contributed by atoms with Gasteiger partial charge in [-0.05, 0) is 24.3 Å². The van der Waals surface area contributed by atoms with Gasteiger partial charge in [0, 0.05) is 30.0 Å². The van der Waals surface area contributed by atoms with Crippen LogP contribution >= 0.6 is 23.4 Å². The number of hydrogen-bond acceptors (Lipinski definition) is 5. The summed E-state index contributed by atoms with van der Waals surface area (Å²) in [4.78, 5) is 19.4. The maximum absolute atomic E-state index is 14.5. The molecule has 1 saturated heterocycles. The molecule has 0 aliphatic carbocycles. The third-order valence-corrected chi connectivity index (χ3v) is 6.00. The summed E-state index contributed by atoms with van der Waals surface area (Å²) in [5.41, 5.74) is 1.61. The van der Waals surface area contributed by atoms with Crippen LogP contribution in [0.2, 0.25) is 5.02 Å². The summed E-state index contributed by atoms with van der Waals surface area (Å²) in [6.45, 7) is 1.36. The van der Waals surface area contributed by atoms with E-state index in [-0.39, 0.29) is 16.6 Å². The van der Waals surface area contributed by atoms with Gasteiger partial charge >= 0.3 is 0 Å². The molecule has 0 unspecified atom stereocenters. The van der Waals surface area contributed by atoms with Gasteiger partial charge in [0.15, 0.2) is 5.82 Å². The van der Waals surface area contributed by atoms with Gasteiger partial charge in [0.1, 0.15) is 17.0 Å². The zero-order chi connectivity index (χ0) is 20.4. The van der Waals surface area contributed by atoms with Crippen LogP contribution < -0.4 is 10.1 Å². The van der Waals surface area contributed by atoms with Crippen molar-refractivity contribution in [3.63, 3.8) is 0 Å². The van der Waals surface area contributed by atoms with Crippen LogP contribution in [0.15, 0.2) is 42.5 Å². The van der Waals surface area contributed by atoms with Crippen molar-refractivity contribution in [1.82, 2.24) is 9.88 Å². The Balaban J connectivity index is 1.83. The molecule has 1 fully saturated rings. The molecule has 3 aromatic rings. The second-order valence-corrected chi connectivity index (χ2v) is 8.17. The standard InChI is InChI=1S/C21H19ClFN3O2S/c1-28-18-7-2-4-13-16(24-15-6-3-5-14(22)19(15)23)12-17(25-20(13)18)21(27)26-8-10-29-11-9-26/h2-7,12H,8-11H2,1H3,(H,24,25). The lowest BCUT2D eigenvalue weighted by Crippen LogP contribution is -2.38. The fourth-order valence-corrected chi connectivity index (χ4v) is 4.35. The fourth-order valence-electron chi connectivity index (χ4n) is 3.27. The first-order valence-electron chi connectivity index (χ1n) is 9.14. The molecule has 1 aliphatic rings. The van der Waals surface area contributed by atoms with Crippen molar-refractivity contribution < 1.29 is 13.9 Å². The van der Waals surface area contributed by atoms with Gasteiger partial charge in [-0.2, -0.15) is 11.8 Å². The van der Waals surface area contributed by atoms with Gasteiger partial charge in [-0.3, -0.25) is 4.79 Å². The van der Waals surface area contributed by atoms with Crippen LogP contribution in [0, 0.1) is 5.82 Å². The van der Waals surface area contributed by atoms with Crippen molar-refractivity contribution in [2.75, 3.05) is 37.0 Å². The van der Waals surface area contributed by atoms with Crippen LogP contribution in [0.25, 0.3) is 10.9 Å². The van der Waals surface area contributed by atoms with Crippen LogP contribution in [0.1, 0.15) is 10.5 Å². The molecule has 1 aromatic heterocycles. The number of carbonyl (C=O) groups is 1. The molecule has 1 aliphatic heterocycles. The minimum atomic E-state index is -0.553. The van der Waals surface area contributed by atoms with E-state index in [1.54, 1.807) is 36.3 Å². The van der Waals surface area contributed by atoms with Crippen LogP contribution in [0.4, 0.5) is 15.8 Å². The van der Waals surface area contributed by atoms with Gasteiger partial charge in [0.2, 0.25) is 0 Å². The summed E-state index contributed by atoms with van der Waals surface area (Å²) >= 11 is 7.75. The lowest BCUT2D eigenvalue weighted by molar-refractivity contribution is 0.0767. The minimum Gasteiger partial charge on any atom is -0.494 e. The van der Waals surface area contributed by atoms with Crippen molar-refractivity contribution in [1.29, 1.82) is 0 Å². The summed E-state index contributed by atoms with van der Waals surface area (Å²) < 4.78 is 19.9. The number of hydrogen-bond donors (Lipinski definition) is 1. The van der Waals surface area contributed by atoms with Gasteiger partial charge < -0.3 is 15.0 Å². The molecule has 150 valence electrons. The number of anilines is 2. The Morgan fingerprint density at radius 3 is 2.72 bits per heavy atom. The number of amides is 1. The van der Waals surface area contributed by atoms with Crippen LogP contribution in [0.5, 0.6) is 5.75 Å². The maximum Gasteiger partial charge on any atom is 0.272 e. The van der Waals surface area contributed by atoms with E-state index in [1.165, 1.54) is 6.07 Å². The normalized spacial score (nSPS) is 14.1. The molecule has 0 spiro atoms. The molecule has 1 amide bonds. The number of thioether (sulfide) groups is 1. The summed E-state index contributed by atoms with van der Waals surface area (Å²) in [6.07, 6.45) is 0. The number of fused-ring (bicyclic) bond motifs is 1. The Morgan fingerprint density at radius 2 is 1.97 bits per heavy atom. The number of methoxy groups -OCH3 is 1. The first-order chi connectivity index (χ1) is 14.1. The molecule has 2 aromatic carbocycles. The van der Waals surface area contributed by atoms with Crippen LogP contribution in [0.3, 0.4) is 0 Å². The Labute approximate surface area is 177 Å². The number of benzene rings is 2. The number of nitrogens with one attached hydrogen (secondary N) is 1. The maximum atomic E-state index is 14.5. The van der Waals surface area contributed by atoms with E-state index in [0.29, 0.717) is 35.7 Å². The number of pyridine rings is 1. The smallest absolute Gasteiger partial charge is 0.272 e. The van der Waals surface area contributed by atoms with Crippen molar-refractivity contribution >= 4 is 51.5 Å². The summed E-state index contributed by atoms with van der Waals surface area (Å²) in [5.74, 6) is 1.65. The first-order valence-corrected chi connectivity index (χ1v) is 10.7. The largest absolute Gasteiger partial charge is 0.494 e. The fraction of sp³-hybridized carbons (Fsp3) is 0.238. The molecule has 8 heteroatoms. The van der Waals surface area contributed by atoms with Crippen LogP contribution in [-0.2, 0) is 0 Å². The minimum absolute atomic E-state index is 0.0214. The Kier molecular flexibility index (Phi) is 5.78. The first kappa shape index (κ1) is 19.8. The molecule has 0 radical (unpaired) electrons. The lowest BCUT2D eigenvalue weighted by atomic mass is 10.1. The monoisotopic (exact) mass is 431 g/mol. The summed E-state index contributed by atoms with van der Waals surface area (Å²) in [5, 5.41) is 3.81. The zero-order valence-electron chi connectivity index (χ0n) is 15.7. The van der Waals surface area contributed by atoms with E-state index in [0.717, 1.165) is 16.9 Å². The summed E-state index contributed by atoms with van der Waals surface area (Å²) in [6, 6.07) is 11.9. The average molecular weight is 432 g/mol. The quantitative estimate of drug-likeness (QED) is 0.632. The molecular weight excluding hydrogens is 413 g/mol. The SMILES string of the molecule is COc1cccc2c(Nc3cccc(Cl)c3F)cc(C(=O)N3CCSCC3)nc12. The Bertz CT molecular complexity index is 1070. The predicted octanol–water partition coefficient (Wildman–Crippen LogP) is 4.97. The number of para-hydroxylation sites is 1. The van der Waals surface area contributed by atoms with E-state index in [1.807, 2.05) is 23.9 Å². The van der Waals surface area contributed by atoms with Crippen molar-refractivity contribution in [3.05, 3.63) is 59.0 Å². The highest BCUT2D eigenvalue weighted by Gasteiger charge is 2.22.